The SMILES string of the molecule is CC1C=Cc2c(-c3cc(-c4cccc(-n5c6ccccc6c6cnccc65)n4)cc(-c4ccccn4)n3)cc3ccccc3c2C1. The molecule has 0 aliphatic heterocycles. The molecule has 0 saturated carbocycles. The van der Waals surface area contributed by atoms with E-state index in [-0.39, 0.29) is 0 Å². The Kier molecular flexibility index (Phi) is 6.10. The van der Waals surface area contributed by atoms with Gasteiger partial charge in [-0.25, -0.2) is 9.97 Å². The summed E-state index contributed by atoms with van der Waals surface area (Å²) >= 11 is 0. The second kappa shape index (κ2) is 10.6. The maximum absolute atomic E-state index is 5.28. The Morgan fingerprint density at radius 3 is 2.37 bits per heavy atom. The molecule has 0 radical (unpaired) electrons. The molecule has 8 aromatic rings. The number of rotatable bonds is 4. The predicted octanol–water partition coefficient (Wildman–Crippen LogP) is 9.72. The number of pyridine rings is 4. The van der Waals surface area contributed by atoms with Crippen molar-refractivity contribution in [3.05, 3.63) is 145 Å². The highest BCUT2D eigenvalue weighted by molar-refractivity contribution is 6.08. The van der Waals surface area contributed by atoms with E-state index in [2.05, 4.69) is 125 Å². The Labute approximate surface area is 266 Å². The number of para-hydroxylation sites is 1. The van der Waals surface area contributed by atoms with Crippen molar-refractivity contribution in [3.63, 3.8) is 0 Å². The summed E-state index contributed by atoms with van der Waals surface area (Å²) in [6, 6.07) is 38.0. The van der Waals surface area contributed by atoms with Gasteiger partial charge in [-0.2, -0.15) is 0 Å². The summed E-state index contributed by atoms with van der Waals surface area (Å²) in [4.78, 5) is 19.6. The highest BCUT2D eigenvalue weighted by Crippen LogP contribution is 2.39. The Morgan fingerprint density at radius 1 is 0.652 bits per heavy atom. The summed E-state index contributed by atoms with van der Waals surface area (Å²) in [6.07, 6.45) is 11.2. The van der Waals surface area contributed by atoms with E-state index in [9.17, 15) is 0 Å². The smallest absolute Gasteiger partial charge is 0.138 e. The molecule has 1 unspecified atom stereocenters. The minimum Gasteiger partial charge on any atom is -0.294 e. The van der Waals surface area contributed by atoms with Crippen molar-refractivity contribution >= 4 is 38.7 Å². The summed E-state index contributed by atoms with van der Waals surface area (Å²) in [5.41, 5.74) is 10.4. The topological polar surface area (TPSA) is 56.5 Å². The molecule has 0 amide bonds. The number of allylic oxidation sites excluding steroid dienone is 1. The largest absolute Gasteiger partial charge is 0.294 e. The third kappa shape index (κ3) is 4.32. The minimum absolute atomic E-state index is 0.484. The van der Waals surface area contributed by atoms with E-state index >= 15 is 0 Å². The van der Waals surface area contributed by atoms with Crippen LogP contribution in [0.15, 0.2) is 134 Å². The normalized spacial score (nSPS) is 14.2. The second-order valence-electron chi connectivity index (χ2n) is 12.0. The number of hydrogen-bond donors (Lipinski definition) is 0. The zero-order chi connectivity index (χ0) is 30.6. The van der Waals surface area contributed by atoms with Crippen molar-refractivity contribution in [2.45, 2.75) is 13.3 Å². The van der Waals surface area contributed by atoms with Crippen LogP contribution in [0.3, 0.4) is 0 Å². The summed E-state index contributed by atoms with van der Waals surface area (Å²) in [6.45, 7) is 2.28. The van der Waals surface area contributed by atoms with Gasteiger partial charge < -0.3 is 0 Å². The molecule has 46 heavy (non-hydrogen) atoms. The highest BCUT2D eigenvalue weighted by atomic mass is 15.1. The molecule has 9 rings (SSSR count). The summed E-state index contributed by atoms with van der Waals surface area (Å²) in [5.74, 6) is 1.34. The van der Waals surface area contributed by atoms with Crippen molar-refractivity contribution < 1.29 is 0 Å². The second-order valence-corrected chi connectivity index (χ2v) is 12.0. The van der Waals surface area contributed by atoms with E-state index in [0.717, 1.165) is 67.9 Å². The Bertz CT molecular complexity index is 2420. The van der Waals surface area contributed by atoms with E-state index < -0.39 is 0 Å². The maximum atomic E-state index is 5.28. The van der Waals surface area contributed by atoms with E-state index in [1.807, 2.05) is 36.8 Å². The first-order chi connectivity index (χ1) is 22.7. The summed E-state index contributed by atoms with van der Waals surface area (Å²) < 4.78 is 2.23. The molecule has 218 valence electrons. The van der Waals surface area contributed by atoms with Gasteiger partial charge in [-0.05, 0) is 88.8 Å². The first kappa shape index (κ1) is 26.5. The molecule has 0 saturated heterocycles. The van der Waals surface area contributed by atoms with E-state index in [1.165, 1.54) is 21.9 Å². The Balaban J connectivity index is 1.28. The van der Waals surface area contributed by atoms with Crippen molar-refractivity contribution in [3.8, 4) is 39.7 Å². The van der Waals surface area contributed by atoms with Crippen LogP contribution in [0.2, 0.25) is 0 Å². The molecule has 0 spiro atoms. The molecule has 1 aliphatic rings. The molecule has 0 fully saturated rings. The van der Waals surface area contributed by atoms with Gasteiger partial charge in [0.05, 0.1) is 33.8 Å². The number of hydrogen-bond acceptors (Lipinski definition) is 4. The maximum Gasteiger partial charge on any atom is 0.138 e. The van der Waals surface area contributed by atoms with Crippen molar-refractivity contribution in [2.75, 3.05) is 0 Å². The highest BCUT2D eigenvalue weighted by Gasteiger charge is 2.21. The van der Waals surface area contributed by atoms with Gasteiger partial charge in [-0.1, -0.05) is 73.7 Å². The van der Waals surface area contributed by atoms with Crippen molar-refractivity contribution in [1.82, 2.24) is 24.5 Å². The Hall–Kier alpha value is -5.94. The number of aromatic nitrogens is 5. The molecule has 1 atom stereocenters. The van der Waals surface area contributed by atoms with Crippen LogP contribution < -0.4 is 0 Å². The molecule has 0 bridgehead atoms. The summed E-state index contributed by atoms with van der Waals surface area (Å²) in [7, 11) is 0. The summed E-state index contributed by atoms with van der Waals surface area (Å²) in [5, 5.41) is 4.81. The van der Waals surface area contributed by atoms with Crippen LogP contribution in [0, 0.1) is 5.92 Å². The van der Waals surface area contributed by atoms with Gasteiger partial charge in [0.2, 0.25) is 0 Å². The third-order valence-corrected chi connectivity index (χ3v) is 9.08. The fourth-order valence-electron chi connectivity index (χ4n) is 6.94. The molecule has 5 heterocycles. The average Bonchev–Trinajstić information content (AvgIpc) is 3.46. The first-order valence-corrected chi connectivity index (χ1v) is 15.7. The van der Waals surface area contributed by atoms with Crippen molar-refractivity contribution in [1.29, 1.82) is 0 Å². The minimum atomic E-state index is 0.484. The predicted molar refractivity (Wildman–Crippen MR) is 188 cm³/mol. The lowest BCUT2D eigenvalue weighted by molar-refractivity contribution is 0.721. The lowest BCUT2D eigenvalue weighted by atomic mass is 9.83. The van der Waals surface area contributed by atoms with Crippen LogP contribution in [-0.4, -0.2) is 24.5 Å². The monoisotopic (exact) mass is 591 g/mol. The molecular formula is C41H29N5. The first-order valence-electron chi connectivity index (χ1n) is 15.7. The standard InChI is InChI=1S/C41H29N5/c1-26-16-17-30-32(21-26)29-10-3-2-9-27(29)22-33(30)37-23-28(24-38(44-37)36-12-6-7-19-43-36)35-13-8-15-41(45-35)46-39-14-5-4-11-31(39)34-25-42-20-18-40(34)46/h2-20,22-26H,21H2,1H3. The van der Waals surface area contributed by atoms with Crippen LogP contribution in [0.1, 0.15) is 18.1 Å². The Morgan fingerprint density at radius 2 is 1.46 bits per heavy atom. The van der Waals surface area contributed by atoms with Crippen LogP contribution in [0.5, 0.6) is 0 Å². The van der Waals surface area contributed by atoms with Crippen LogP contribution in [0.4, 0.5) is 0 Å². The molecule has 5 nitrogen and oxygen atoms in total. The number of benzene rings is 3. The molecule has 5 heteroatoms. The molecule has 3 aromatic carbocycles. The van der Waals surface area contributed by atoms with Crippen LogP contribution in [0.25, 0.3) is 78.4 Å². The molecule has 0 N–H and O–H groups in total. The van der Waals surface area contributed by atoms with E-state index in [4.69, 9.17) is 9.97 Å². The third-order valence-electron chi connectivity index (χ3n) is 9.08. The fourth-order valence-corrected chi connectivity index (χ4v) is 6.94. The zero-order valence-electron chi connectivity index (χ0n) is 25.3. The van der Waals surface area contributed by atoms with Gasteiger partial charge in [-0.3, -0.25) is 14.5 Å². The molecular weight excluding hydrogens is 562 g/mol. The fraction of sp³-hybridized carbons (Fsp3) is 0.0732. The number of nitrogens with zero attached hydrogens (tertiary/aromatic N) is 5. The zero-order valence-corrected chi connectivity index (χ0v) is 25.3. The molecule has 1 aliphatic carbocycles. The van der Waals surface area contributed by atoms with Gasteiger partial charge in [0.25, 0.3) is 0 Å². The average molecular weight is 592 g/mol. The molecule has 5 aromatic heterocycles. The quantitative estimate of drug-likeness (QED) is 0.204. The van der Waals surface area contributed by atoms with Gasteiger partial charge in [-0.15, -0.1) is 0 Å². The van der Waals surface area contributed by atoms with Gasteiger partial charge >= 0.3 is 0 Å². The van der Waals surface area contributed by atoms with Crippen LogP contribution in [-0.2, 0) is 6.42 Å². The van der Waals surface area contributed by atoms with E-state index in [0.29, 0.717) is 5.92 Å². The van der Waals surface area contributed by atoms with E-state index in [1.54, 1.807) is 0 Å². The lowest BCUT2D eigenvalue weighted by Gasteiger charge is -2.22. The lowest BCUT2D eigenvalue weighted by Crippen LogP contribution is -2.06. The van der Waals surface area contributed by atoms with Crippen molar-refractivity contribution in [2.24, 2.45) is 5.92 Å². The van der Waals surface area contributed by atoms with Gasteiger partial charge in [0.1, 0.15) is 5.82 Å². The van der Waals surface area contributed by atoms with Gasteiger partial charge in [0, 0.05) is 40.5 Å². The van der Waals surface area contributed by atoms with Crippen LogP contribution >= 0.6 is 0 Å². The van der Waals surface area contributed by atoms with Gasteiger partial charge in [0.15, 0.2) is 0 Å². The number of fused-ring (bicyclic) bond motifs is 6.